The monoisotopic (exact) mass is 523 g/mol. The zero-order valence-corrected chi connectivity index (χ0v) is 23.0. The second kappa shape index (κ2) is 21.1. The van der Waals surface area contributed by atoms with Crippen LogP contribution in [0, 0.1) is 5.92 Å². The van der Waals surface area contributed by atoms with Crippen LogP contribution in [-0.4, -0.2) is 47.3 Å². The Labute approximate surface area is 212 Å². The van der Waals surface area contributed by atoms with Crippen molar-refractivity contribution in [2.45, 2.75) is 129 Å². The summed E-state index contributed by atoms with van der Waals surface area (Å²) in [4.78, 5) is 32.5. The molecule has 0 aromatic heterocycles. The summed E-state index contributed by atoms with van der Waals surface area (Å²) in [5.41, 5.74) is 5.33. The van der Waals surface area contributed by atoms with Gasteiger partial charge in [-0.15, -0.1) is 0 Å². The summed E-state index contributed by atoms with van der Waals surface area (Å²) in [5.74, 6) is -1.82. The summed E-state index contributed by atoms with van der Waals surface area (Å²) < 4.78 is 26.5. The zero-order valence-electron chi connectivity index (χ0n) is 22.1. The number of carboxylic acid groups (broad SMARTS) is 1. The second-order valence-corrected chi connectivity index (χ2v) is 10.8. The molecule has 0 aromatic carbocycles. The van der Waals surface area contributed by atoms with Gasteiger partial charge in [-0.3, -0.25) is 18.6 Å². The molecular formula is C25H50NO8P. The van der Waals surface area contributed by atoms with E-state index >= 15 is 0 Å². The molecule has 0 aliphatic heterocycles. The van der Waals surface area contributed by atoms with Crippen LogP contribution >= 0.6 is 7.82 Å². The number of rotatable bonds is 24. The van der Waals surface area contributed by atoms with Crippen LogP contribution in [0.25, 0.3) is 0 Å². The lowest BCUT2D eigenvalue weighted by Crippen LogP contribution is -2.41. The number of aliphatic carboxylic acids is 1. The molecule has 0 rings (SSSR count). The molecule has 4 atom stereocenters. The number of unbranched alkanes of at least 4 members (excludes halogenated alkanes) is 12. The lowest BCUT2D eigenvalue weighted by Gasteiger charge is -2.20. The van der Waals surface area contributed by atoms with E-state index in [0.29, 0.717) is 0 Å². The summed E-state index contributed by atoms with van der Waals surface area (Å²) in [6.07, 6.45) is 16.5. The van der Waals surface area contributed by atoms with Crippen molar-refractivity contribution in [3.63, 3.8) is 0 Å². The van der Waals surface area contributed by atoms with Crippen LogP contribution in [-0.2, 0) is 27.9 Å². The lowest BCUT2D eigenvalue weighted by atomic mass is 10.0. The first kappa shape index (κ1) is 34.0. The Balaban J connectivity index is 3.67. The first-order chi connectivity index (χ1) is 16.6. The summed E-state index contributed by atoms with van der Waals surface area (Å²) in [5, 5.41) is 8.78. The number of phosphoric ester groups is 1. The second-order valence-electron chi connectivity index (χ2n) is 9.43. The quantitative estimate of drug-likeness (QED) is 0.0791. The van der Waals surface area contributed by atoms with Crippen molar-refractivity contribution in [3.05, 3.63) is 0 Å². The molecule has 0 fully saturated rings. The number of hydrogen-bond donors (Lipinski definition) is 3. The van der Waals surface area contributed by atoms with Gasteiger partial charge in [0.15, 0.2) is 0 Å². The van der Waals surface area contributed by atoms with Gasteiger partial charge in [0.05, 0.1) is 25.2 Å². The molecular weight excluding hydrogens is 473 g/mol. The van der Waals surface area contributed by atoms with E-state index in [2.05, 4.69) is 6.92 Å². The van der Waals surface area contributed by atoms with E-state index < -0.39 is 25.9 Å². The van der Waals surface area contributed by atoms with Gasteiger partial charge in [0, 0.05) is 6.42 Å². The Bertz CT molecular complexity index is 604. The third kappa shape index (κ3) is 19.8. The molecule has 0 amide bonds. The van der Waals surface area contributed by atoms with Crippen LogP contribution in [0.15, 0.2) is 0 Å². The van der Waals surface area contributed by atoms with E-state index in [1.54, 1.807) is 0 Å². The number of hydrogen-bond acceptors (Lipinski definition) is 7. The molecule has 35 heavy (non-hydrogen) atoms. The summed E-state index contributed by atoms with van der Waals surface area (Å²) in [7, 11) is -4.45. The van der Waals surface area contributed by atoms with Gasteiger partial charge in [-0.25, -0.2) is 4.57 Å². The van der Waals surface area contributed by atoms with Crippen molar-refractivity contribution in [1.82, 2.24) is 0 Å². The molecule has 4 N–H and O–H groups in total. The molecule has 0 saturated heterocycles. The molecule has 2 unspecified atom stereocenters. The summed E-state index contributed by atoms with van der Waals surface area (Å²) in [6, 6.07) is -1.45. The standard InChI is InChI=1S/C25H50NO8P/c1-4-5-6-7-8-9-10-11-12-13-14-15-16-18-21(2)25(29)32-19-17-20-33-35(30,31)34-22(3)23(26)24(27)28/h21-23H,4-20,26H2,1-3H3,(H,27,28)(H,30,31)/t21?,22-,23-/m0/s1. The third-order valence-corrected chi connectivity index (χ3v) is 7.13. The minimum absolute atomic E-state index is 0.0615. The van der Waals surface area contributed by atoms with Gasteiger partial charge in [-0.05, 0) is 13.3 Å². The number of phosphoric acid groups is 1. The highest BCUT2D eigenvalue weighted by Crippen LogP contribution is 2.44. The van der Waals surface area contributed by atoms with Gasteiger partial charge in [-0.1, -0.05) is 97.3 Å². The fraction of sp³-hybridized carbons (Fsp3) is 0.920. The maximum absolute atomic E-state index is 12.1. The minimum Gasteiger partial charge on any atom is -0.480 e. The predicted octanol–water partition coefficient (Wildman–Crippen LogP) is 5.97. The van der Waals surface area contributed by atoms with Gasteiger partial charge in [0.25, 0.3) is 0 Å². The fourth-order valence-corrected chi connectivity index (χ4v) is 4.62. The van der Waals surface area contributed by atoms with Crippen molar-refractivity contribution in [2.24, 2.45) is 11.7 Å². The largest absolute Gasteiger partial charge is 0.480 e. The smallest absolute Gasteiger partial charge is 0.472 e. The van der Waals surface area contributed by atoms with E-state index in [9.17, 15) is 19.0 Å². The highest BCUT2D eigenvalue weighted by atomic mass is 31.2. The van der Waals surface area contributed by atoms with Gasteiger partial charge in [0.1, 0.15) is 6.04 Å². The number of carbonyl (C=O) groups excluding carboxylic acids is 1. The number of carboxylic acids is 1. The number of esters is 1. The Kier molecular flexibility index (Phi) is 20.5. The summed E-state index contributed by atoms with van der Waals surface area (Å²) in [6.45, 7) is 5.25. The fourth-order valence-electron chi connectivity index (χ4n) is 3.65. The molecule has 0 radical (unpaired) electrons. The molecule has 0 heterocycles. The van der Waals surface area contributed by atoms with Gasteiger partial charge >= 0.3 is 19.8 Å². The number of ether oxygens (including phenoxy) is 1. The van der Waals surface area contributed by atoms with Crippen molar-refractivity contribution in [1.29, 1.82) is 0 Å². The van der Waals surface area contributed by atoms with E-state index in [4.69, 9.17) is 24.6 Å². The van der Waals surface area contributed by atoms with Crippen LogP contribution in [0.2, 0.25) is 0 Å². The molecule has 9 nitrogen and oxygen atoms in total. The van der Waals surface area contributed by atoms with Crippen molar-refractivity contribution >= 4 is 19.8 Å². The molecule has 10 heteroatoms. The molecule has 0 aliphatic rings. The Hall–Kier alpha value is -0.990. The van der Waals surface area contributed by atoms with Gasteiger partial charge < -0.3 is 20.5 Å². The van der Waals surface area contributed by atoms with Crippen LogP contribution in [0.3, 0.4) is 0 Å². The topological polar surface area (TPSA) is 145 Å². The van der Waals surface area contributed by atoms with Gasteiger partial charge in [-0.2, -0.15) is 0 Å². The van der Waals surface area contributed by atoms with Crippen LogP contribution < -0.4 is 5.73 Å². The van der Waals surface area contributed by atoms with E-state index in [1.165, 1.54) is 77.6 Å². The third-order valence-electron chi connectivity index (χ3n) is 6.02. The van der Waals surface area contributed by atoms with Crippen molar-refractivity contribution in [2.75, 3.05) is 13.2 Å². The Morgan fingerprint density at radius 3 is 1.80 bits per heavy atom. The van der Waals surface area contributed by atoms with E-state index in [-0.39, 0.29) is 31.5 Å². The zero-order chi connectivity index (χ0) is 26.5. The molecule has 0 aromatic rings. The summed E-state index contributed by atoms with van der Waals surface area (Å²) >= 11 is 0. The average molecular weight is 524 g/mol. The molecule has 0 bridgehead atoms. The van der Waals surface area contributed by atoms with Crippen LogP contribution in [0.1, 0.15) is 117 Å². The molecule has 0 aliphatic carbocycles. The normalized spacial score (nSPS) is 15.8. The molecule has 0 saturated carbocycles. The van der Waals surface area contributed by atoms with Crippen LogP contribution in [0.4, 0.5) is 0 Å². The predicted molar refractivity (Wildman–Crippen MR) is 137 cm³/mol. The SMILES string of the molecule is CCCCCCCCCCCCCCCC(C)C(=O)OCCCOP(=O)(O)O[C@@H](C)[C@H](N)C(=O)O. The van der Waals surface area contributed by atoms with Gasteiger partial charge in [0.2, 0.25) is 0 Å². The highest BCUT2D eigenvalue weighted by Gasteiger charge is 2.30. The Morgan fingerprint density at radius 2 is 1.31 bits per heavy atom. The minimum atomic E-state index is -4.45. The first-order valence-corrected chi connectivity index (χ1v) is 14.9. The molecule has 208 valence electrons. The van der Waals surface area contributed by atoms with Crippen molar-refractivity contribution < 1.29 is 37.9 Å². The first-order valence-electron chi connectivity index (χ1n) is 13.4. The van der Waals surface area contributed by atoms with Crippen molar-refractivity contribution in [3.8, 4) is 0 Å². The average Bonchev–Trinajstić information content (AvgIpc) is 2.80. The number of carbonyl (C=O) groups is 2. The van der Waals surface area contributed by atoms with E-state index in [1.807, 2.05) is 6.92 Å². The molecule has 0 spiro atoms. The maximum atomic E-state index is 12.1. The van der Waals surface area contributed by atoms with Crippen LogP contribution in [0.5, 0.6) is 0 Å². The maximum Gasteiger partial charge on any atom is 0.472 e. The highest BCUT2D eigenvalue weighted by molar-refractivity contribution is 7.47. The lowest BCUT2D eigenvalue weighted by molar-refractivity contribution is -0.148. The van der Waals surface area contributed by atoms with E-state index in [0.717, 1.165) is 19.3 Å². The number of nitrogens with two attached hydrogens (primary N) is 1. The Morgan fingerprint density at radius 1 is 0.829 bits per heavy atom.